The van der Waals surface area contributed by atoms with Gasteiger partial charge < -0.3 is 15.3 Å². The fraction of sp³-hybridized carbons (Fsp3) is 1.00. The zero-order valence-electron chi connectivity index (χ0n) is 9.08. The molecule has 2 unspecified atom stereocenters. The van der Waals surface area contributed by atoms with Gasteiger partial charge in [0.2, 0.25) is 0 Å². The summed E-state index contributed by atoms with van der Waals surface area (Å²) in [6, 6.07) is 1.72. The first kappa shape index (κ1) is 10.4. The first-order valence-corrected chi connectivity index (χ1v) is 5.90. The molecule has 2 N–H and O–H groups in total. The fourth-order valence-electron chi connectivity index (χ4n) is 2.83. The van der Waals surface area contributed by atoms with Crippen molar-refractivity contribution in [2.45, 2.75) is 50.7 Å². The average Bonchev–Trinajstić information content (AvgIpc) is 2.64. The van der Waals surface area contributed by atoms with Gasteiger partial charge in [-0.15, -0.1) is 0 Å². The highest BCUT2D eigenvalue weighted by Crippen LogP contribution is 2.26. The fourth-order valence-corrected chi connectivity index (χ4v) is 2.83. The summed E-state index contributed by atoms with van der Waals surface area (Å²) in [5.74, 6) is 0. The van der Waals surface area contributed by atoms with Gasteiger partial charge in [0.1, 0.15) is 0 Å². The molecule has 2 rings (SSSR count). The lowest BCUT2D eigenvalue weighted by Crippen LogP contribution is -2.48. The molecule has 0 aromatic carbocycles. The lowest BCUT2D eigenvalue weighted by Gasteiger charge is -2.36. The van der Waals surface area contributed by atoms with E-state index in [1.165, 1.54) is 38.8 Å². The molecule has 0 aliphatic carbocycles. The highest BCUT2D eigenvalue weighted by Gasteiger charge is 2.31. The van der Waals surface area contributed by atoms with Crippen LogP contribution in [-0.2, 0) is 0 Å². The van der Waals surface area contributed by atoms with Crippen molar-refractivity contribution >= 4 is 0 Å². The summed E-state index contributed by atoms with van der Waals surface area (Å²) in [7, 11) is 0. The van der Waals surface area contributed by atoms with Gasteiger partial charge in [0.15, 0.2) is 0 Å². The van der Waals surface area contributed by atoms with Crippen molar-refractivity contribution in [3.8, 4) is 0 Å². The summed E-state index contributed by atoms with van der Waals surface area (Å²) in [4.78, 5) is 2.63. The maximum atomic E-state index is 8.98. The van der Waals surface area contributed by atoms with Crippen LogP contribution in [0.1, 0.15) is 32.6 Å². The van der Waals surface area contributed by atoms with Crippen LogP contribution in [0.5, 0.6) is 0 Å². The summed E-state index contributed by atoms with van der Waals surface area (Å²) in [6.07, 6.45) is 5.30. The Morgan fingerprint density at radius 1 is 1.43 bits per heavy atom. The third kappa shape index (κ3) is 2.27. The number of nitrogens with one attached hydrogen (secondary N) is 1. The minimum absolute atomic E-state index is 0.255. The van der Waals surface area contributed by atoms with E-state index in [2.05, 4.69) is 17.1 Å². The second-order valence-corrected chi connectivity index (χ2v) is 4.80. The Labute approximate surface area is 86.5 Å². The Morgan fingerprint density at radius 2 is 2.29 bits per heavy atom. The molecule has 3 atom stereocenters. The molecule has 0 spiro atoms. The summed E-state index contributed by atoms with van der Waals surface area (Å²) in [5, 5.41) is 12.5. The van der Waals surface area contributed by atoms with E-state index in [-0.39, 0.29) is 12.6 Å². The van der Waals surface area contributed by atoms with Gasteiger partial charge in [-0.25, -0.2) is 0 Å². The Balaban J connectivity index is 1.79. The van der Waals surface area contributed by atoms with Gasteiger partial charge in [-0.3, -0.25) is 0 Å². The van der Waals surface area contributed by atoms with Gasteiger partial charge in [-0.2, -0.15) is 0 Å². The summed E-state index contributed by atoms with van der Waals surface area (Å²) in [6.45, 7) is 4.87. The number of nitrogens with zero attached hydrogens (tertiary/aromatic N) is 1. The Bertz CT molecular complexity index is 186. The van der Waals surface area contributed by atoms with Gasteiger partial charge in [0.05, 0.1) is 6.61 Å². The van der Waals surface area contributed by atoms with Crippen molar-refractivity contribution in [1.29, 1.82) is 0 Å². The molecule has 0 saturated carbocycles. The largest absolute Gasteiger partial charge is 0.395 e. The molecule has 2 saturated heterocycles. The summed E-state index contributed by atoms with van der Waals surface area (Å²) < 4.78 is 0. The Morgan fingerprint density at radius 3 is 3.07 bits per heavy atom. The van der Waals surface area contributed by atoms with Gasteiger partial charge in [0.25, 0.3) is 0 Å². The topological polar surface area (TPSA) is 35.5 Å². The minimum atomic E-state index is 0.255. The zero-order valence-corrected chi connectivity index (χ0v) is 9.08. The molecule has 2 aliphatic rings. The molecule has 0 aromatic heterocycles. The van der Waals surface area contributed by atoms with Crippen LogP contribution in [0.25, 0.3) is 0 Å². The van der Waals surface area contributed by atoms with E-state index in [1.54, 1.807) is 0 Å². The van der Waals surface area contributed by atoms with E-state index in [0.29, 0.717) is 6.04 Å². The predicted molar refractivity (Wildman–Crippen MR) is 57.3 cm³/mol. The van der Waals surface area contributed by atoms with Crippen LogP contribution < -0.4 is 5.32 Å². The van der Waals surface area contributed by atoms with Crippen molar-refractivity contribution in [2.24, 2.45) is 0 Å². The number of aliphatic hydroxyl groups is 1. The number of hydrogen-bond donors (Lipinski definition) is 2. The van der Waals surface area contributed by atoms with E-state index in [0.717, 1.165) is 6.04 Å². The van der Waals surface area contributed by atoms with Crippen LogP contribution in [0, 0.1) is 0 Å². The van der Waals surface area contributed by atoms with Crippen LogP contribution in [0.3, 0.4) is 0 Å². The quantitative estimate of drug-likeness (QED) is 0.696. The van der Waals surface area contributed by atoms with Crippen molar-refractivity contribution < 1.29 is 5.11 Å². The molecule has 14 heavy (non-hydrogen) atoms. The number of aliphatic hydroxyl groups excluding tert-OH is 1. The van der Waals surface area contributed by atoms with Crippen molar-refractivity contribution in [3.63, 3.8) is 0 Å². The predicted octanol–water partition coefficient (Wildman–Crippen LogP) is 0.584. The Kier molecular flexibility index (Phi) is 3.42. The molecule has 0 aromatic rings. The molecule has 2 fully saturated rings. The number of hydrogen-bond acceptors (Lipinski definition) is 3. The maximum Gasteiger partial charge on any atom is 0.0582 e. The van der Waals surface area contributed by atoms with Crippen LogP contribution in [0.15, 0.2) is 0 Å². The van der Waals surface area contributed by atoms with Gasteiger partial charge >= 0.3 is 0 Å². The molecule has 0 radical (unpaired) electrons. The normalized spacial score (nSPS) is 35.6. The highest BCUT2D eigenvalue weighted by atomic mass is 16.3. The number of rotatable bonds is 3. The zero-order chi connectivity index (χ0) is 9.97. The van der Waals surface area contributed by atoms with Crippen molar-refractivity contribution in [2.75, 3.05) is 19.7 Å². The molecular formula is C11H22N2O. The lowest BCUT2D eigenvalue weighted by molar-refractivity contribution is 0.151. The van der Waals surface area contributed by atoms with E-state index >= 15 is 0 Å². The van der Waals surface area contributed by atoms with Crippen molar-refractivity contribution in [3.05, 3.63) is 0 Å². The standard InChI is InChI=1S/C11H22N2O/c1-9(8-14)12-10-4-6-13-5-2-3-11(13)7-10/h9-12,14H,2-8H2,1H3/t9-,10?,11?/m1/s1. The maximum absolute atomic E-state index is 8.98. The third-order valence-electron chi connectivity index (χ3n) is 3.61. The summed E-state index contributed by atoms with van der Waals surface area (Å²) in [5.41, 5.74) is 0. The van der Waals surface area contributed by atoms with Crippen LogP contribution >= 0.6 is 0 Å². The summed E-state index contributed by atoms with van der Waals surface area (Å²) >= 11 is 0. The second-order valence-electron chi connectivity index (χ2n) is 4.80. The smallest absolute Gasteiger partial charge is 0.0582 e. The molecular weight excluding hydrogens is 176 g/mol. The van der Waals surface area contributed by atoms with Gasteiger partial charge in [-0.05, 0) is 45.7 Å². The molecule has 3 nitrogen and oxygen atoms in total. The van der Waals surface area contributed by atoms with Gasteiger partial charge in [-0.1, -0.05) is 0 Å². The molecule has 3 heteroatoms. The van der Waals surface area contributed by atoms with Crippen LogP contribution in [0.4, 0.5) is 0 Å². The van der Waals surface area contributed by atoms with Crippen LogP contribution in [0.2, 0.25) is 0 Å². The highest BCUT2D eigenvalue weighted by molar-refractivity contribution is 4.89. The average molecular weight is 198 g/mol. The van der Waals surface area contributed by atoms with Crippen LogP contribution in [-0.4, -0.2) is 47.8 Å². The van der Waals surface area contributed by atoms with E-state index < -0.39 is 0 Å². The Hall–Kier alpha value is -0.120. The van der Waals surface area contributed by atoms with E-state index in [4.69, 9.17) is 5.11 Å². The molecule has 2 heterocycles. The molecule has 0 bridgehead atoms. The SMILES string of the molecule is C[C@H](CO)NC1CCN2CCCC2C1. The lowest BCUT2D eigenvalue weighted by atomic mass is 9.97. The molecule has 82 valence electrons. The van der Waals surface area contributed by atoms with E-state index in [1.807, 2.05) is 0 Å². The van der Waals surface area contributed by atoms with Gasteiger partial charge in [0, 0.05) is 18.1 Å². The number of piperidine rings is 1. The first-order chi connectivity index (χ1) is 6.79. The minimum Gasteiger partial charge on any atom is -0.395 e. The third-order valence-corrected chi connectivity index (χ3v) is 3.61. The molecule has 0 amide bonds. The first-order valence-electron chi connectivity index (χ1n) is 5.90. The number of fused-ring (bicyclic) bond motifs is 1. The molecule has 2 aliphatic heterocycles. The monoisotopic (exact) mass is 198 g/mol. The van der Waals surface area contributed by atoms with Crippen molar-refractivity contribution in [1.82, 2.24) is 10.2 Å². The second kappa shape index (κ2) is 4.60. The van der Waals surface area contributed by atoms with E-state index in [9.17, 15) is 0 Å².